The highest BCUT2D eigenvalue weighted by Crippen LogP contribution is 2.20. The molecule has 0 atom stereocenters. The van der Waals surface area contributed by atoms with Gasteiger partial charge in [0.15, 0.2) is 0 Å². The molecule has 5 heteroatoms. The van der Waals surface area contributed by atoms with Crippen molar-refractivity contribution in [3.63, 3.8) is 0 Å². The van der Waals surface area contributed by atoms with E-state index in [9.17, 15) is 8.42 Å². The number of nitrogens with two attached hydrogens (primary N) is 1. The van der Waals surface area contributed by atoms with Crippen molar-refractivity contribution < 1.29 is 13.5 Å². The van der Waals surface area contributed by atoms with E-state index in [-0.39, 0.29) is 11.5 Å². The molecule has 78 valence electrons. The first-order valence-electron chi connectivity index (χ1n) is 4.10. The molecular formula is C9H13NO3S. The van der Waals surface area contributed by atoms with E-state index in [1.807, 2.05) is 0 Å². The van der Waals surface area contributed by atoms with Crippen molar-refractivity contribution in [3.05, 3.63) is 28.8 Å². The molecule has 0 saturated carbocycles. The van der Waals surface area contributed by atoms with Crippen LogP contribution in [0.5, 0.6) is 0 Å². The molecule has 0 heterocycles. The number of aliphatic hydroxyl groups is 1. The van der Waals surface area contributed by atoms with Gasteiger partial charge >= 0.3 is 0 Å². The summed E-state index contributed by atoms with van der Waals surface area (Å²) in [7, 11) is -3.66. The molecule has 0 fully saturated rings. The van der Waals surface area contributed by atoms with E-state index in [0.717, 1.165) is 11.1 Å². The molecule has 0 aliphatic heterocycles. The topological polar surface area (TPSA) is 80.4 Å². The third-order valence-corrected chi connectivity index (χ3v) is 3.38. The monoisotopic (exact) mass is 215 g/mol. The van der Waals surface area contributed by atoms with Crippen molar-refractivity contribution in [1.82, 2.24) is 0 Å². The maximum atomic E-state index is 11.1. The van der Waals surface area contributed by atoms with Gasteiger partial charge in [0.05, 0.1) is 11.5 Å². The molecule has 0 bridgehead atoms. The highest BCUT2D eigenvalue weighted by Gasteiger charge is 2.14. The molecule has 0 unspecified atom stereocenters. The molecule has 1 aromatic carbocycles. The maximum absolute atomic E-state index is 11.1. The first kappa shape index (κ1) is 11.2. The Morgan fingerprint density at radius 1 is 1.29 bits per heavy atom. The van der Waals surface area contributed by atoms with Crippen molar-refractivity contribution in [2.45, 2.75) is 25.3 Å². The minimum Gasteiger partial charge on any atom is -0.392 e. The van der Waals surface area contributed by atoms with Gasteiger partial charge in [-0.25, -0.2) is 13.6 Å². The molecule has 3 N–H and O–H groups in total. The normalized spacial score (nSPS) is 11.7. The van der Waals surface area contributed by atoms with Crippen molar-refractivity contribution in [2.75, 3.05) is 0 Å². The van der Waals surface area contributed by atoms with Gasteiger partial charge in [-0.15, -0.1) is 0 Å². The van der Waals surface area contributed by atoms with Gasteiger partial charge in [-0.3, -0.25) is 0 Å². The highest BCUT2D eigenvalue weighted by atomic mass is 32.2. The van der Waals surface area contributed by atoms with Gasteiger partial charge in [0, 0.05) is 0 Å². The average Bonchev–Trinajstić information content (AvgIpc) is 2.07. The Morgan fingerprint density at radius 2 is 1.86 bits per heavy atom. The number of rotatable bonds is 2. The van der Waals surface area contributed by atoms with Gasteiger partial charge in [0.25, 0.3) is 0 Å². The first-order chi connectivity index (χ1) is 6.38. The van der Waals surface area contributed by atoms with Crippen LogP contribution >= 0.6 is 0 Å². The summed E-state index contributed by atoms with van der Waals surface area (Å²) in [5.74, 6) is 0. The van der Waals surface area contributed by atoms with Crippen LogP contribution in [-0.4, -0.2) is 13.5 Å². The van der Waals surface area contributed by atoms with Crippen LogP contribution in [0.4, 0.5) is 0 Å². The summed E-state index contributed by atoms with van der Waals surface area (Å²) in [4.78, 5) is 0.118. The second-order valence-electron chi connectivity index (χ2n) is 3.18. The van der Waals surface area contributed by atoms with Crippen LogP contribution in [0.25, 0.3) is 0 Å². The fourth-order valence-electron chi connectivity index (χ4n) is 1.33. The van der Waals surface area contributed by atoms with Crippen LogP contribution in [0, 0.1) is 13.8 Å². The average molecular weight is 215 g/mol. The third-order valence-electron chi connectivity index (χ3n) is 2.33. The number of hydrogen-bond donors (Lipinski definition) is 2. The van der Waals surface area contributed by atoms with E-state index < -0.39 is 10.0 Å². The van der Waals surface area contributed by atoms with Crippen LogP contribution in [-0.2, 0) is 16.6 Å². The molecule has 14 heavy (non-hydrogen) atoms. The van der Waals surface area contributed by atoms with Gasteiger partial charge < -0.3 is 5.11 Å². The van der Waals surface area contributed by atoms with E-state index in [1.54, 1.807) is 19.9 Å². The molecule has 1 rings (SSSR count). The lowest BCUT2D eigenvalue weighted by molar-refractivity contribution is 0.281. The van der Waals surface area contributed by atoms with Crippen molar-refractivity contribution in [1.29, 1.82) is 0 Å². The molecular weight excluding hydrogens is 202 g/mol. The molecule has 1 aromatic rings. The molecule has 0 radical (unpaired) electrons. The number of aliphatic hydroxyl groups excluding tert-OH is 1. The minimum absolute atomic E-state index is 0.0996. The Bertz CT molecular complexity index is 451. The zero-order valence-corrected chi connectivity index (χ0v) is 8.93. The summed E-state index contributed by atoms with van der Waals surface area (Å²) in [6, 6.07) is 2.99. The van der Waals surface area contributed by atoms with Gasteiger partial charge in [-0.1, -0.05) is 6.07 Å². The summed E-state index contributed by atoms with van der Waals surface area (Å²) in [6.45, 7) is 3.33. The zero-order valence-electron chi connectivity index (χ0n) is 8.11. The molecule has 0 saturated heterocycles. The number of benzene rings is 1. The number of primary sulfonamides is 1. The van der Waals surface area contributed by atoms with Gasteiger partial charge in [-0.2, -0.15) is 0 Å². The van der Waals surface area contributed by atoms with Crippen LogP contribution in [0.15, 0.2) is 17.0 Å². The largest absolute Gasteiger partial charge is 0.392 e. The standard InChI is InChI=1S/C9H13NO3S/c1-6-7(2)9(14(10,12)13)4-3-8(6)5-11/h3-4,11H,5H2,1-2H3,(H2,10,12,13). The third kappa shape index (κ3) is 1.95. The van der Waals surface area contributed by atoms with Crippen LogP contribution in [0.3, 0.4) is 0 Å². The molecule has 0 aromatic heterocycles. The maximum Gasteiger partial charge on any atom is 0.238 e. The molecule has 0 aliphatic rings. The molecule has 0 amide bonds. The predicted octanol–water partition coefficient (Wildman–Crippen LogP) is 0.443. The summed E-state index contributed by atoms with van der Waals surface area (Å²) >= 11 is 0. The molecule has 0 spiro atoms. The first-order valence-corrected chi connectivity index (χ1v) is 5.65. The predicted molar refractivity (Wildman–Crippen MR) is 53.2 cm³/mol. The van der Waals surface area contributed by atoms with E-state index >= 15 is 0 Å². The Labute approximate surface area is 83.4 Å². The van der Waals surface area contributed by atoms with Crippen molar-refractivity contribution in [2.24, 2.45) is 5.14 Å². The number of hydrogen-bond acceptors (Lipinski definition) is 3. The molecule has 4 nitrogen and oxygen atoms in total. The minimum atomic E-state index is -3.66. The zero-order chi connectivity index (χ0) is 10.9. The fourth-order valence-corrected chi connectivity index (χ4v) is 2.17. The lowest BCUT2D eigenvalue weighted by Crippen LogP contribution is -2.14. The number of sulfonamides is 1. The Hall–Kier alpha value is -0.910. The second-order valence-corrected chi connectivity index (χ2v) is 4.71. The Balaban J connectivity index is 3.47. The highest BCUT2D eigenvalue weighted by molar-refractivity contribution is 7.89. The van der Waals surface area contributed by atoms with Crippen molar-refractivity contribution >= 4 is 10.0 Å². The lowest BCUT2D eigenvalue weighted by atomic mass is 10.0. The summed E-state index contributed by atoms with van der Waals surface area (Å²) in [6.07, 6.45) is 0. The van der Waals surface area contributed by atoms with Gasteiger partial charge in [-0.05, 0) is 36.6 Å². The quantitative estimate of drug-likeness (QED) is 0.751. The Morgan fingerprint density at radius 3 is 2.29 bits per heavy atom. The van der Waals surface area contributed by atoms with E-state index in [0.29, 0.717) is 5.56 Å². The summed E-state index contributed by atoms with van der Waals surface area (Å²) in [5.41, 5.74) is 2.08. The SMILES string of the molecule is Cc1c(CO)ccc(S(N)(=O)=O)c1C. The smallest absolute Gasteiger partial charge is 0.238 e. The second kappa shape index (κ2) is 3.68. The van der Waals surface area contributed by atoms with Gasteiger partial charge in [0.2, 0.25) is 10.0 Å². The summed E-state index contributed by atoms with van der Waals surface area (Å²) in [5, 5.41) is 14.0. The van der Waals surface area contributed by atoms with E-state index in [2.05, 4.69) is 0 Å². The van der Waals surface area contributed by atoms with Crippen molar-refractivity contribution in [3.8, 4) is 0 Å². The van der Waals surface area contributed by atoms with Gasteiger partial charge in [0.1, 0.15) is 0 Å². The van der Waals surface area contributed by atoms with E-state index in [4.69, 9.17) is 10.2 Å². The Kier molecular flexibility index (Phi) is 2.94. The van der Waals surface area contributed by atoms with Crippen LogP contribution in [0.2, 0.25) is 0 Å². The fraction of sp³-hybridized carbons (Fsp3) is 0.333. The van der Waals surface area contributed by atoms with E-state index in [1.165, 1.54) is 6.07 Å². The summed E-state index contributed by atoms with van der Waals surface area (Å²) < 4.78 is 22.2. The van der Waals surface area contributed by atoms with Crippen LogP contribution < -0.4 is 5.14 Å². The van der Waals surface area contributed by atoms with Crippen LogP contribution in [0.1, 0.15) is 16.7 Å². The lowest BCUT2D eigenvalue weighted by Gasteiger charge is -2.10. The molecule has 0 aliphatic carbocycles.